The monoisotopic (exact) mass is 423 g/mol. The zero-order valence-corrected chi connectivity index (χ0v) is 16.9. The maximum atomic E-state index is 12.9. The Morgan fingerprint density at radius 3 is 2.62 bits per heavy atom. The van der Waals surface area contributed by atoms with Crippen molar-refractivity contribution < 1.29 is 27.5 Å². The fourth-order valence-electron chi connectivity index (χ4n) is 3.94. The van der Waals surface area contributed by atoms with Crippen LogP contribution in [0.1, 0.15) is 25.7 Å². The molecule has 2 amide bonds. The van der Waals surface area contributed by atoms with Crippen LogP contribution < -0.4 is 15.0 Å². The van der Waals surface area contributed by atoms with Crippen molar-refractivity contribution >= 4 is 27.5 Å². The van der Waals surface area contributed by atoms with Gasteiger partial charge in [-0.15, -0.1) is 0 Å². The van der Waals surface area contributed by atoms with E-state index in [2.05, 4.69) is 5.32 Å². The number of nitrogens with zero attached hydrogens (tertiary/aromatic N) is 2. The molecule has 2 heterocycles. The number of carbonyl (C=O) groups is 2. The summed E-state index contributed by atoms with van der Waals surface area (Å²) in [6, 6.07) is 4.57. The van der Waals surface area contributed by atoms with Gasteiger partial charge in [0.2, 0.25) is 15.9 Å². The number of rotatable bonds is 5. The number of amides is 2. The van der Waals surface area contributed by atoms with Crippen LogP contribution in [0.3, 0.4) is 0 Å². The summed E-state index contributed by atoms with van der Waals surface area (Å²) in [5, 5.41) is 2.97. The van der Waals surface area contributed by atoms with Gasteiger partial charge in [0.25, 0.3) is 5.91 Å². The van der Waals surface area contributed by atoms with E-state index in [0.717, 1.165) is 25.7 Å². The van der Waals surface area contributed by atoms with Gasteiger partial charge in [-0.05, 0) is 25.0 Å². The lowest BCUT2D eigenvalue weighted by Crippen LogP contribution is -2.47. The molecule has 1 aliphatic carbocycles. The summed E-state index contributed by atoms with van der Waals surface area (Å²) in [6.07, 6.45) is 4.12. The van der Waals surface area contributed by atoms with Crippen LogP contribution >= 0.6 is 0 Å². The highest BCUT2D eigenvalue weighted by atomic mass is 32.2. The van der Waals surface area contributed by atoms with Crippen LogP contribution in [0.2, 0.25) is 0 Å². The topological polar surface area (TPSA) is 105 Å². The molecule has 1 aromatic carbocycles. The Labute approximate surface area is 170 Å². The van der Waals surface area contributed by atoms with E-state index in [4.69, 9.17) is 9.47 Å². The number of sulfonamides is 1. The van der Waals surface area contributed by atoms with Gasteiger partial charge in [0.15, 0.2) is 6.61 Å². The summed E-state index contributed by atoms with van der Waals surface area (Å²) in [5.74, 6) is -0.265. The lowest BCUT2D eigenvalue weighted by molar-refractivity contribution is -0.125. The molecule has 2 aliphatic heterocycles. The third kappa shape index (κ3) is 4.24. The first-order chi connectivity index (χ1) is 13.9. The Hall–Kier alpha value is -2.17. The average Bonchev–Trinajstić information content (AvgIpc) is 3.23. The molecule has 3 aliphatic rings. The van der Waals surface area contributed by atoms with E-state index in [-0.39, 0.29) is 41.7 Å². The molecule has 2 fully saturated rings. The van der Waals surface area contributed by atoms with Gasteiger partial charge in [-0.3, -0.25) is 14.5 Å². The predicted octanol–water partition coefficient (Wildman–Crippen LogP) is 0.492. The zero-order valence-electron chi connectivity index (χ0n) is 16.1. The van der Waals surface area contributed by atoms with E-state index >= 15 is 0 Å². The number of nitrogens with one attached hydrogen (secondary N) is 1. The Kier molecular flexibility index (Phi) is 5.75. The van der Waals surface area contributed by atoms with Gasteiger partial charge < -0.3 is 14.8 Å². The van der Waals surface area contributed by atoms with Gasteiger partial charge >= 0.3 is 0 Å². The molecule has 9 nitrogen and oxygen atoms in total. The van der Waals surface area contributed by atoms with Gasteiger partial charge in [0, 0.05) is 25.2 Å². The van der Waals surface area contributed by atoms with Crippen LogP contribution in [-0.2, 0) is 24.3 Å². The number of ether oxygens (including phenoxy) is 2. The Bertz CT molecular complexity index is 891. The average molecular weight is 423 g/mol. The maximum absolute atomic E-state index is 12.9. The van der Waals surface area contributed by atoms with Crippen molar-refractivity contribution in [3.05, 3.63) is 18.2 Å². The van der Waals surface area contributed by atoms with Crippen LogP contribution in [0, 0.1) is 0 Å². The molecular weight excluding hydrogens is 398 g/mol. The van der Waals surface area contributed by atoms with E-state index in [1.54, 1.807) is 0 Å². The van der Waals surface area contributed by atoms with Crippen molar-refractivity contribution in [3.8, 4) is 5.75 Å². The number of hydrogen-bond donors (Lipinski definition) is 1. The van der Waals surface area contributed by atoms with E-state index in [1.807, 2.05) is 0 Å². The number of morpholine rings is 1. The van der Waals surface area contributed by atoms with E-state index in [0.29, 0.717) is 32.0 Å². The van der Waals surface area contributed by atoms with Crippen LogP contribution in [0.5, 0.6) is 5.75 Å². The number of anilines is 1. The van der Waals surface area contributed by atoms with Crippen LogP contribution in [0.15, 0.2) is 23.1 Å². The largest absolute Gasteiger partial charge is 0.482 e. The fraction of sp³-hybridized carbons (Fsp3) is 0.579. The van der Waals surface area contributed by atoms with E-state index in [9.17, 15) is 18.0 Å². The highest BCUT2D eigenvalue weighted by Gasteiger charge is 2.32. The fourth-order valence-corrected chi connectivity index (χ4v) is 5.37. The van der Waals surface area contributed by atoms with Gasteiger partial charge in [-0.1, -0.05) is 12.8 Å². The van der Waals surface area contributed by atoms with Gasteiger partial charge in [-0.2, -0.15) is 4.31 Å². The van der Waals surface area contributed by atoms with Crippen molar-refractivity contribution in [1.29, 1.82) is 0 Å². The molecule has 0 atom stereocenters. The molecule has 10 heteroatoms. The first-order valence-corrected chi connectivity index (χ1v) is 11.3. The highest BCUT2D eigenvalue weighted by molar-refractivity contribution is 7.89. The predicted molar refractivity (Wildman–Crippen MR) is 104 cm³/mol. The molecule has 0 unspecified atom stereocenters. The standard InChI is InChI=1S/C19H25N3O6S/c23-18(20-14-3-1-2-4-14)12-22-16-6-5-15(11-17(16)28-13-19(22)24)29(25,26)21-7-9-27-10-8-21/h5-6,11,14H,1-4,7-10,12-13H2,(H,20,23). The second-order valence-electron chi connectivity index (χ2n) is 7.46. The molecule has 29 heavy (non-hydrogen) atoms. The molecule has 1 saturated carbocycles. The molecule has 1 saturated heterocycles. The highest BCUT2D eigenvalue weighted by Crippen LogP contribution is 2.35. The quantitative estimate of drug-likeness (QED) is 0.739. The maximum Gasteiger partial charge on any atom is 0.265 e. The van der Waals surface area contributed by atoms with Crippen molar-refractivity contribution in [2.24, 2.45) is 0 Å². The molecule has 0 radical (unpaired) electrons. The molecule has 158 valence electrons. The Morgan fingerprint density at radius 2 is 1.90 bits per heavy atom. The second kappa shape index (κ2) is 8.29. The molecule has 0 bridgehead atoms. The lowest BCUT2D eigenvalue weighted by atomic mass is 10.2. The van der Waals surface area contributed by atoms with E-state index in [1.165, 1.54) is 27.4 Å². The third-order valence-corrected chi connectivity index (χ3v) is 7.40. The number of hydrogen-bond acceptors (Lipinski definition) is 6. The molecule has 4 rings (SSSR count). The SMILES string of the molecule is O=C(CN1C(=O)COc2cc(S(=O)(=O)N3CCOCC3)ccc21)NC1CCCC1. The number of carbonyl (C=O) groups excluding carboxylic acids is 2. The van der Waals surface area contributed by atoms with E-state index < -0.39 is 10.0 Å². The molecule has 0 aromatic heterocycles. The summed E-state index contributed by atoms with van der Waals surface area (Å²) in [6.45, 7) is 0.975. The van der Waals surface area contributed by atoms with Crippen LogP contribution in [0.4, 0.5) is 5.69 Å². The molecular formula is C19H25N3O6S. The first-order valence-electron chi connectivity index (χ1n) is 9.89. The van der Waals surface area contributed by atoms with Gasteiger partial charge in [-0.25, -0.2) is 8.42 Å². The van der Waals surface area contributed by atoms with Crippen molar-refractivity contribution in [2.75, 3.05) is 44.4 Å². The lowest BCUT2D eigenvalue weighted by Gasteiger charge is -2.30. The van der Waals surface area contributed by atoms with Crippen molar-refractivity contribution in [3.63, 3.8) is 0 Å². The minimum absolute atomic E-state index is 0.0999. The van der Waals surface area contributed by atoms with Gasteiger partial charge in [0.1, 0.15) is 12.3 Å². The third-order valence-electron chi connectivity index (χ3n) is 5.50. The Balaban J connectivity index is 1.53. The first kappa shape index (κ1) is 20.1. The molecule has 1 N–H and O–H groups in total. The van der Waals surface area contributed by atoms with Gasteiger partial charge in [0.05, 0.1) is 23.8 Å². The smallest absolute Gasteiger partial charge is 0.265 e. The summed E-state index contributed by atoms with van der Waals surface area (Å²) >= 11 is 0. The number of benzene rings is 1. The van der Waals surface area contributed by atoms with Crippen molar-refractivity contribution in [1.82, 2.24) is 9.62 Å². The minimum atomic E-state index is -3.67. The number of fused-ring (bicyclic) bond motifs is 1. The summed E-state index contributed by atoms with van der Waals surface area (Å²) in [4.78, 5) is 26.2. The van der Waals surface area contributed by atoms with Crippen LogP contribution in [-0.4, -0.2) is 70.0 Å². The van der Waals surface area contributed by atoms with Crippen LogP contribution in [0.25, 0.3) is 0 Å². The molecule has 1 aromatic rings. The minimum Gasteiger partial charge on any atom is -0.482 e. The molecule has 0 spiro atoms. The zero-order chi connectivity index (χ0) is 20.4. The summed E-state index contributed by atoms with van der Waals surface area (Å²) in [7, 11) is -3.67. The summed E-state index contributed by atoms with van der Waals surface area (Å²) in [5.41, 5.74) is 0.406. The second-order valence-corrected chi connectivity index (χ2v) is 9.40. The summed E-state index contributed by atoms with van der Waals surface area (Å²) < 4.78 is 37.8. The Morgan fingerprint density at radius 1 is 1.17 bits per heavy atom. The normalized spacial score (nSPS) is 21.0. The van der Waals surface area contributed by atoms with Crippen molar-refractivity contribution in [2.45, 2.75) is 36.6 Å².